The van der Waals surface area contributed by atoms with Crippen molar-refractivity contribution in [1.82, 2.24) is 45.7 Å². The largest absolute Gasteiger partial charge is 0.425 e. The lowest BCUT2D eigenvalue weighted by molar-refractivity contribution is -0.155. The van der Waals surface area contributed by atoms with Crippen molar-refractivity contribution in [2.75, 3.05) is 0 Å². The number of imidazole rings is 1. The van der Waals surface area contributed by atoms with Gasteiger partial charge in [-0.15, -0.1) is 10.2 Å². The van der Waals surface area contributed by atoms with Crippen molar-refractivity contribution in [3.8, 4) is 0 Å². The summed E-state index contributed by atoms with van der Waals surface area (Å²) in [5, 5.41) is 25.0. The van der Waals surface area contributed by atoms with Crippen molar-refractivity contribution in [3.63, 3.8) is 0 Å². The summed E-state index contributed by atoms with van der Waals surface area (Å²) >= 11 is 0. The Morgan fingerprint density at radius 2 is 1.92 bits per heavy atom. The van der Waals surface area contributed by atoms with Gasteiger partial charge in [0.1, 0.15) is 11.7 Å². The molecule has 2 N–H and O–H groups in total. The highest BCUT2D eigenvalue weighted by molar-refractivity contribution is 5.93. The van der Waals surface area contributed by atoms with E-state index in [0.29, 0.717) is 28.5 Å². The Bertz CT molecular complexity index is 1860. The van der Waals surface area contributed by atoms with Crippen LogP contribution in [-0.4, -0.2) is 65.1 Å². The first-order valence-electron chi connectivity index (χ1n) is 16.2. The summed E-state index contributed by atoms with van der Waals surface area (Å²) in [6.07, 6.45) is -0.925. The van der Waals surface area contributed by atoms with Crippen LogP contribution in [0.5, 0.6) is 0 Å². The monoisotopic (exact) mass is 691 g/mol. The molecule has 2 amide bonds. The summed E-state index contributed by atoms with van der Waals surface area (Å²) in [6, 6.07) is -1.19. The van der Waals surface area contributed by atoms with E-state index in [1.54, 1.807) is 26.1 Å². The van der Waals surface area contributed by atoms with Gasteiger partial charge >= 0.3 is 6.18 Å². The molecule has 3 aliphatic rings. The van der Waals surface area contributed by atoms with Crippen LogP contribution in [0.3, 0.4) is 0 Å². The predicted molar refractivity (Wildman–Crippen MR) is 157 cm³/mol. The second-order valence-electron chi connectivity index (χ2n) is 13.7. The van der Waals surface area contributed by atoms with Crippen LogP contribution in [0.2, 0.25) is 0 Å². The minimum atomic E-state index is -4.65. The van der Waals surface area contributed by atoms with E-state index in [2.05, 4.69) is 36.2 Å². The summed E-state index contributed by atoms with van der Waals surface area (Å²) < 4.78 is 81.6. The Hall–Kier alpha value is -4.51. The number of nitrogens with one attached hydrogen (secondary N) is 2. The minimum Gasteiger partial charge on any atom is -0.425 e. The van der Waals surface area contributed by atoms with E-state index in [0.717, 1.165) is 12.8 Å². The Morgan fingerprint density at radius 1 is 1.16 bits per heavy atom. The molecule has 5 heterocycles. The van der Waals surface area contributed by atoms with E-state index in [9.17, 15) is 31.5 Å². The molecule has 4 aromatic rings. The number of alkyl halides is 5. The van der Waals surface area contributed by atoms with Crippen LogP contribution >= 0.6 is 0 Å². The van der Waals surface area contributed by atoms with Crippen LogP contribution in [-0.2, 0) is 11.2 Å². The summed E-state index contributed by atoms with van der Waals surface area (Å²) in [5.41, 5.74) is 0.136. The van der Waals surface area contributed by atoms with Crippen molar-refractivity contribution < 1.29 is 40.6 Å². The molecule has 2 saturated carbocycles. The normalized spacial score (nSPS) is 24.2. The third-order valence-electron chi connectivity index (χ3n) is 9.91. The summed E-state index contributed by atoms with van der Waals surface area (Å²) in [6.45, 7) is 3.31. The maximum atomic E-state index is 14.1. The number of hydrogen-bond acceptors (Lipinski definition) is 10. The van der Waals surface area contributed by atoms with Crippen LogP contribution < -0.4 is 10.6 Å². The molecule has 0 radical (unpaired) electrons. The van der Waals surface area contributed by atoms with E-state index in [4.69, 9.17) is 14.0 Å². The molecule has 3 fully saturated rings. The SMILES string of the molecule is Cc1nnc([C@@H](C)C[C@]2(Cc3cnn4cc([C@@H](NC(=O)c5nonc5C5CC5)C5CCC(F)(F)CC5)nc4c3)C[C@@H](C(F)(F)F)NC2=O)o1. The van der Waals surface area contributed by atoms with E-state index in [1.807, 2.05) is 0 Å². The fourth-order valence-electron chi connectivity index (χ4n) is 7.22. The van der Waals surface area contributed by atoms with Crippen LogP contribution in [0.15, 0.2) is 27.5 Å². The van der Waals surface area contributed by atoms with Gasteiger partial charge in [-0.25, -0.2) is 22.9 Å². The number of aromatic nitrogens is 7. The average Bonchev–Trinajstić information content (AvgIpc) is 3.36. The second kappa shape index (κ2) is 12.1. The van der Waals surface area contributed by atoms with Gasteiger partial charge in [0.15, 0.2) is 11.3 Å². The number of amides is 2. The molecule has 18 heteroatoms. The van der Waals surface area contributed by atoms with Gasteiger partial charge in [-0.05, 0) is 67.7 Å². The number of fused-ring (bicyclic) bond motifs is 1. The number of carbonyl (C=O) groups excluding carboxylic acids is 2. The van der Waals surface area contributed by atoms with E-state index >= 15 is 0 Å². The summed E-state index contributed by atoms with van der Waals surface area (Å²) in [7, 11) is 0. The van der Waals surface area contributed by atoms with Crippen molar-refractivity contribution in [2.24, 2.45) is 11.3 Å². The van der Waals surface area contributed by atoms with Crippen molar-refractivity contribution >= 4 is 17.5 Å². The topological polar surface area (TPSA) is 166 Å². The highest BCUT2D eigenvalue weighted by atomic mass is 19.4. The molecular formula is C31H34F5N9O4. The smallest absolute Gasteiger partial charge is 0.408 e. The van der Waals surface area contributed by atoms with E-state index in [1.165, 1.54) is 10.7 Å². The van der Waals surface area contributed by atoms with Gasteiger partial charge in [-0.2, -0.15) is 18.3 Å². The first kappa shape index (κ1) is 33.0. The molecule has 13 nitrogen and oxygen atoms in total. The fourth-order valence-corrected chi connectivity index (χ4v) is 7.22. The lowest BCUT2D eigenvalue weighted by Crippen LogP contribution is -2.39. The molecular weight excluding hydrogens is 657 g/mol. The molecule has 262 valence electrons. The third-order valence-corrected chi connectivity index (χ3v) is 9.91. The zero-order chi connectivity index (χ0) is 34.7. The first-order valence-corrected chi connectivity index (χ1v) is 16.2. The highest BCUT2D eigenvalue weighted by Gasteiger charge is 2.56. The highest BCUT2D eigenvalue weighted by Crippen LogP contribution is 2.46. The molecule has 0 spiro atoms. The standard InChI is InChI=1S/C31H34F5N9O4/c1-15(27-42-41-16(2)48-27)10-29(12-21(31(34,35)36)39-28(29)47)11-17-9-22-38-20(14-45(22)37-13-17)23(19-5-7-30(32,33)8-6-19)40-26(46)25-24(18-3-4-18)43-49-44-25/h9,13-15,18-19,21,23H,3-8,10-12H2,1-2H3,(H,39,47)(H,40,46)/t15-,21-,23-,29-/m0/s1. The molecule has 7 rings (SSSR count). The molecule has 0 aromatic carbocycles. The number of nitrogens with zero attached hydrogens (tertiary/aromatic N) is 7. The number of hydrogen-bond donors (Lipinski definition) is 2. The average molecular weight is 692 g/mol. The van der Waals surface area contributed by atoms with Crippen molar-refractivity contribution in [1.29, 1.82) is 0 Å². The van der Waals surface area contributed by atoms with Crippen LogP contribution in [0.1, 0.15) is 115 Å². The minimum absolute atomic E-state index is 0.00190. The molecule has 2 aliphatic carbocycles. The lowest BCUT2D eigenvalue weighted by atomic mass is 9.73. The number of aryl methyl sites for hydroxylation is 1. The summed E-state index contributed by atoms with van der Waals surface area (Å²) in [4.78, 5) is 31.5. The summed E-state index contributed by atoms with van der Waals surface area (Å²) in [5.74, 6) is -4.43. The van der Waals surface area contributed by atoms with Gasteiger partial charge in [0.25, 0.3) is 5.91 Å². The molecule has 4 atom stereocenters. The van der Waals surface area contributed by atoms with Gasteiger partial charge in [0, 0.05) is 31.6 Å². The quantitative estimate of drug-likeness (QED) is 0.212. The van der Waals surface area contributed by atoms with Crippen LogP contribution in [0.4, 0.5) is 22.0 Å². The van der Waals surface area contributed by atoms with Gasteiger partial charge in [0.05, 0.1) is 29.5 Å². The zero-order valence-corrected chi connectivity index (χ0v) is 26.6. The Balaban J connectivity index is 1.18. The third kappa shape index (κ3) is 6.73. The maximum absolute atomic E-state index is 14.1. The Labute approximate surface area is 275 Å². The first-order chi connectivity index (χ1) is 23.2. The fraction of sp³-hybridized carbons (Fsp3) is 0.613. The molecule has 4 aromatic heterocycles. The molecule has 1 aliphatic heterocycles. The van der Waals surface area contributed by atoms with Crippen LogP contribution in [0, 0.1) is 18.3 Å². The molecule has 0 unspecified atom stereocenters. The van der Waals surface area contributed by atoms with Crippen molar-refractivity contribution in [3.05, 3.63) is 52.9 Å². The Kier molecular flexibility index (Phi) is 8.16. The number of halogens is 5. The van der Waals surface area contributed by atoms with Gasteiger partial charge in [-0.1, -0.05) is 12.1 Å². The van der Waals surface area contributed by atoms with Crippen molar-refractivity contribution in [2.45, 2.75) is 108 Å². The second-order valence-corrected chi connectivity index (χ2v) is 13.7. The van der Waals surface area contributed by atoms with Crippen LogP contribution in [0.25, 0.3) is 5.65 Å². The number of rotatable bonds is 10. The van der Waals surface area contributed by atoms with Gasteiger partial charge in [-0.3, -0.25) is 9.59 Å². The Morgan fingerprint density at radius 3 is 2.57 bits per heavy atom. The maximum Gasteiger partial charge on any atom is 0.408 e. The lowest BCUT2D eigenvalue weighted by Gasteiger charge is -2.33. The molecule has 49 heavy (non-hydrogen) atoms. The molecule has 1 saturated heterocycles. The predicted octanol–water partition coefficient (Wildman–Crippen LogP) is 5.15. The van der Waals surface area contributed by atoms with Gasteiger partial charge < -0.3 is 15.1 Å². The van der Waals surface area contributed by atoms with E-state index in [-0.39, 0.29) is 61.9 Å². The van der Waals surface area contributed by atoms with Gasteiger partial charge in [0.2, 0.25) is 23.6 Å². The zero-order valence-electron chi connectivity index (χ0n) is 26.6. The molecule has 0 bridgehead atoms. The number of carbonyl (C=O) groups is 2. The van der Waals surface area contributed by atoms with E-state index < -0.39 is 53.8 Å².